The second kappa shape index (κ2) is 8.80. The van der Waals surface area contributed by atoms with E-state index in [4.69, 9.17) is 10.2 Å². The van der Waals surface area contributed by atoms with Gasteiger partial charge < -0.3 is 0 Å². The Kier molecular flexibility index (Phi) is 5.85. The number of halogens is 1. The van der Waals surface area contributed by atoms with Crippen LogP contribution in [0, 0.1) is 6.92 Å². The highest BCUT2D eigenvalue weighted by molar-refractivity contribution is 9.10. The minimum atomic E-state index is -0.670. The van der Waals surface area contributed by atoms with Crippen LogP contribution in [0.4, 0.5) is 11.4 Å². The van der Waals surface area contributed by atoms with Crippen molar-refractivity contribution in [2.45, 2.75) is 31.7 Å². The van der Waals surface area contributed by atoms with Crippen LogP contribution in [-0.2, 0) is 4.79 Å². The summed E-state index contributed by atoms with van der Waals surface area (Å²) in [4.78, 5) is 11.8. The lowest BCUT2D eigenvalue weighted by Gasteiger charge is -2.46. The van der Waals surface area contributed by atoms with Crippen molar-refractivity contribution in [3.8, 4) is 0 Å². The number of ketones is 1. The first-order chi connectivity index (χ1) is 16.0. The zero-order chi connectivity index (χ0) is 23.0. The van der Waals surface area contributed by atoms with Gasteiger partial charge in [0.1, 0.15) is 0 Å². The summed E-state index contributed by atoms with van der Waals surface area (Å²) in [6.07, 6.45) is 1.51. The predicted molar refractivity (Wildman–Crippen MR) is 141 cm³/mol. The molecule has 3 aromatic carbocycles. The molecule has 0 aromatic heterocycles. The Morgan fingerprint density at radius 1 is 0.909 bits per heavy atom. The zero-order valence-electron chi connectivity index (χ0n) is 18.4. The number of carbonyl (C=O) groups excluding carboxylic acids is 1. The van der Waals surface area contributed by atoms with E-state index in [1.54, 1.807) is 6.92 Å². The second-order valence-electron chi connectivity index (χ2n) is 8.15. The quantitative estimate of drug-likeness (QED) is 0.391. The molecular weight excluding hydrogens is 496 g/mol. The number of hydrogen-bond donors (Lipinski definition) is 0. The van der Waals surface area contributed by atoms with Gasteiger partial charge in [0.05, 0.1) is 17.1 Å². The van der Waals surface area contributed by atoms with Gasteiger partial charge in [-0.3, -0.25) is 4.79 Å². The minimum Gasteiger partial charge on any atom is -0.292 e. The molecule has 0 N–H and O–H groups in total. The largest absolute Gasteiger partial charge is 0.292 e. The van der Waals surface area contributed by atoms with E-state index in [0.717, 1.165) is 40.0 Å². The number of anilines is 2. The van der Waals surface area contributed by atoms with Gasteiger partial charge in [-0.05, 0) is 67.1 Å². The number of rotatable bonds is 4. The van der Waals surface area contributed by atoms with E-state index in [1.165, 1.54) is 17.3 Å². The molecule has 5 nitrogen and oxygen atoms in total. The summed E-state index contributed by atoms with van der Waals surface area (Å²) in [5, 5.41) is 14.5. The number of thioether (sulfide) groups is 1. The Hall–Kier alpha value is -2.90. The summed E-state index contributed by atoms with van der Waals surface area (Å²) in [5.74, 6) is -0.0373. The number of nitrogens with zero attached hydrogens (tertiary/aromatic N) is 4. The van der Waals surface area contributed by atoms with Crippen molar-refractivity contribution in [2.24, 2.45) is 10.2 Å². The molecule has 1 spiro atoms. The van der Waals surface area contributed by atoms with Gasteiger partial charge in [-0.25, -0.2) is 10.0 Å². The molecule has 1 atom stereocenters. The normalized spacial score (nSPS) is 20.1. The molecule has 0 bridgehead atoms. The highest BCUT2D eigenvalue weighted by Crippen LogP contribution is 2.50. The van der Waals surface area contributed by atoms with E-state index >= 15 is 0 Å². The van der Waals surface area contributed by atoms with E-state index in [-0.39, 0.29) is 5.78 Å². The van der Waals surface area contributed by atoms with Crippen LogP contribution >= 0.6 is 27.7 Å². The van der Waals surface area contributed by atoms with Gasteiger partial charge >= 0.3 is 0 Å². The standard InChI is InChI=1S/C26H23BrN4OS/c1-18-8-14-23(15-9-18)31-26(33-25(29-31)19(2)32)17-16-24(20-10-12-21(27)13-11-20)28-30(26)22-6-4-3-5-7-22/h3-15H,16-17H2,1-2H3. The van der Waals surface area contributed by atoms with Crippen molar-refractivity contribution in [2.75, 3.05) is 10.0 Å². The molecule has 0 saturated heterocycles. The number of para-hydroxylation sites is 1. The lowest BCUT2D eigenvalue weighted by molar-refractivity contribution is -0.110. The first-order valence-corrected chi connectivity index (χ1v) is 12.4. The van der Waals surface area contributed by atoms with Gasteiger partial charge in [-0.1, -0.05) is 64.0 Å². The van der Waals surface area contributed by atoms with Crippen molar-refractivity contribution in [1.29, 1.82) is 0 Å². The highest BCUT2D eigenvalue weighted by Gasteiger charge is 2.52. The average molecular weight is 519 g/mol. The number of benzene rings is 3. The lowest BCUT2D eigenvalue weighted by Crippen LogP contribution is -2.56. The smallest absolute Gasteiger partial charge is 0.208 e. The highest BCUT2D eigenvalue weighted by atomic mass is 79.9. The molecule has 0 aliphatic carbocycles. The Bertz CT molecular complexity index is 1240. The van der Waals surface area contributed by atoms with E-state index in [1.807, 2.05) is 40.3 Å². The number of hydrogen-bond acceptors (Lipinski definition) is 6. The first-order valence-electron chi connectivity index (χ1n) is 10.8. The van der Waals surface area contributed by atoms with Crippen LogP contribution in [-0.4, -0.2) is 21.5 Å². The SMILES string of the molecule is CC(=O)C1=NN(c2ccc(C)cc2)C2(CCC(c3ccc(Br)cc3)=NN2c2ccccc2)S1. The predicted octanol–water partition coefficient (Wildman–Crippen LogP) is 6.57. The number of Topliss-reactive ketones (excluding diaryl/α,β-unsaturated/α-hetero) is 1. The van der Waals surface area contributed by atoms with Crippen LogP contribution in [0.5, 0.6) is 0 Å². The van der Waals surface area contributed by atoms with Crippen LogP contribution in [0.25, 0.3) is 0 Å². The van der Waals surface area contributed by atoms with E-state index in [0.29, 0.717) is 5.04 Å². The summed E-state index contributed by atoms with van der Waals surface area (Å²) in [6.45, 7) is 3.64. The monoisotopic (exact) mass is 518 g/mol. The third-order valence-electron chi connectivity index (χ3n) is 5.78. The maximum Gasteiger partial charge on any atom is 0.208 e. The fourth-order valence-electron chi connectivity index (χ4n) is 4.07. The summed E-state index contributed by atoms with van der Waals surface area (Å²) < 4.78 is 1.04. The molecule has 166 valence electrons. The summed E-state index contributed by atoms with van der Waals surface area (Å²) >= 11 is 5.01. The molecule has 7 heteroatoms. The maximum absolute atomic E-state index is 12.4. The topological polar surface area (TPSA) is 48.3 Å². The Morgan fingerprint density at radius 3 is 2.21 bits per heavy atom. The molecule has 2 aliphatic rings. The first kappa shape index (κ1) is 21.9. The molecule has 0 radical (unpaired) electrons. The van der Waals surface area contributed by atoms with Crippen molar-refractivity contribution >= 4 is 55.6 Å². The van der Waals surface area contributed by atoms with Crippen molar-refractivity contribution in [3.05, 3.63) is 94.5 Å². The molecule has 0 saturated carbocycles. The van der Waals surface area contributed by atoms with Crippen LogP contribution in [0.3, 0.4) is 0 Å². The van der Waals surface area contributed by atoms with Gasteiger partial charge in [0, 0.05) is 17.8 Å². The molecular formula is C26H23BrN4OS. The fraction of sp³-hybridized carbons (Fsp3) is 0.192. The number of aryl methyl sites for hydroxylation is 1. The zero-order valence-corrected chi connectivity index (χ0v) is 20.8. The van der Waals surface area contributed by atoms with Gasteiger partial charge in [0.2, 0.25) is 4.99 Å². The van der Waals surface area contributed by atoms with Gasteiger partial charge in [0.25, 0.3) is 0 Å². The second-order valence-corrected chi connectivity index (χ2v) is 10.3. The van der Waals surface area contributed by atoms with E-state index < -0.39 is 4.99 Å². The Labute approximate surface area is 206 Å². The summed E-state index contributed by atoms with van der Waals surface area (Å²) in [5.41, 5.74) is 5.17. The van der Waals surface area contributed by atoms with Gasteiger partial charge in [-0.15, -0.1) is 0 Å². The Balaban J connectivity index is 1.66. The third kappa shape index (κ3) is 4.11. The van der Waals surface area contributed by atoms with E-state index in [2.05, 4.69) is 71.4 Å². The van der Waals surface area contributed by atoms with Crippen LogP contribution in [0.15, 0.2) is 93.5 Å². The fourth-order valence-corrected chi connectivity index (χ4v) is 5.58. The van der Waals surface area contributed by atoms with Crippen molar-refractivity contribution in [1.82, 2.24) is 0 Å². The molecule has 5 rings (SSSR count). The summed E-state index contributed by atoms with van der Waals surface area (Å²) in [7, 11) is 0. The van der Waals surface area contributed by atoms with Crippen molar-refractivity contribution < 1.29 is 4.79 Å². The van der Waals surface area contributed by atoms with Crippen LogP contribution in [0.1, 0.15) is 30.9 Å². The molecule has 0 amide bonds. The average Bonchev–Trinajstić information content (AvgIpc) is 3.21. The van der Waals surface area contributed by atoms with Crippen LogP contribution in [0.2, 0.25) is 0 Å². The molecule has 1 unspecified atom stereocenters. The molecule has 2 aliphatic heterocycles. The maximum atomic E-state index is 12.4. The van der Waals surface area contributed by atoms with Crippen LogP contribution < -0.4 is 10.0 Å². The lowest BCUT2D eigenvalue weighted by atomic mass is 10.0. The Morgan fingerprint density at radius 2 is 1.55 bits per heavy atom. The van der Waals surface area contributed by atoms with E-state index in [9.17, 15) is 4.79 Å². The number of hydrazone groups is 2. The third-order valence-corrected chi connectivity index (χ3v) is 7.75. The molecule has 2 heterocycles. The van der Waals surface area contributed by atoms with Crippen molar-refractivity contribution in [3.63, 3.8) is 0 Å². The number of carbonyl (C=O) groups is 1. The molecule has 3 aromatic rings. The van der Waals surface area contributed by atoms with Gasteiger partial charge in [0.15, 0.2) is 10.8 Å². The molecule has 33 heavy (non-hydrogen) atoms. The van der Waals surface area contributed by atoms with Gasteiger partial charge in [-0.2, -0.15) is 10.2 Å². The summed E-state index contributed by atoms with van der Waals surface area (Å²) in [6, 6.07) is 26.6. The minimum absolute atomic E-state index is 0.0373. The molecule has 0 fully saturated rings.